The van der Waals surface area contributed by atoms with Gasteiger partial charge in [-0.15, -0.1) is 0 Å². The van der Waals surface area contributed by atoms with Crippen LogP contribution in [0, 0.1) is 6.92 Å². The summed E-state index contributed by atoms with van der Waals surface area (Å²) in [6.45, 7) is 2.95. The standard InChI is InChI=1S/C25H24ClN3O2S/c1-17-5-4-6-19(15-17)25(31)28-23-16-20(9-12-22(23)26)27-24(30)18-7-10-21(11-8-18)29-13-2-3-14-32-29/h4-12,15-16H,2-3,13-14H2,1H3,(H,27,30)(H,28,31). The fraction of sp³-hybridized carbons (Fsp3) is 0.200. The molecule has 164 valence electrons. The lowest BCUT2D eigenvalue weighted by Gasteiger charge is -2.27. The molecule has 0 bridgehead atoms. The van der Waals surface area contributed by atoms with E-state index in [2.05, 4.69) is 14.9 Å². The lowest BCUT2D eigenvalue weighted by atomic mass is 10.1. The van der Waals surface area contributed by atoms with E-state index in [0.29, 0.717) is 27.5 Å². The molecule has 0 spiro atoms. The highest BCUT2D eigenvalue weighted by molar-refractivity contribution is 8.00. The van der Waals surface area contributed by atoms with E-state index >= 15 is 0 Å². The highest BCUT2D eigenvalue weighted by Gasteiger charge is 2.14. The molecule has 32 heavy (non-hydrogen) atoms. The first-order valence-corrected chi connectivity index (χ1v) is 11.8. The predicted octanol–water partition coefficient (Wildman–Crippen LogP) is 6.40. The van der Waals surface area contributed by atoms with Crippen LogP contribution in [0.4, 0.5) is 17.1 Å². The quantitative estimate of drug-likeness (QED) is 0.428. The molecule has 3 aromatic rings. The normalized spacial score (nSPS) is 13.5. The number of halogens is 1. The van der Waals surface area contributed by atoms with E-state index in [4.69, 9.17) is 11.6 Å². The average Bonchev–Trinajstić information content (AvgIpc) is 2.82. The summed E-state index contributed by atoms with van der Waals surface area (Å²) in [4.78, 5) is 25.3. The van der Waals surface area contributed by atoms with Crippen molar-refractivity contribution in [2.24, 2.45) is 0 Å². The van der Waals surface area contributed by atoms with Crippen LogP contribution in [-0.4, -0.2) is 24.1 Å². The van der Waals surface area contributed by atoms with Crippen molar-refractivity contribution < 1.29 is 9.59 Å². The van der Waals surface area contributed by atoms with Crippen molar-refractivity contribution in [2.75, 3.05) is 27.2 Å². The first kappa shape index (κ1) is 22.2. The summed E-state index contributed by atoms with van der Waals surface area (Å²) in [7, 11) is 0. The number of hydrogen-bond acceptors (Lipinski definition) is 4. The molecule has 1 heterocycles. The molecule has 0 saturated carbocycles. The van der Waals surface area contributed by atoms with Gasteiger partial charge in [0.2, 0.25) is 0 Å². The predicted molar refractivity (Wildman–Crippen MR) is 134 cm³/mol. The minimum atomic E-state index is -0.259. The molecule has 2 amide bonds. The molecule has 2 N–H and O–H groups in total. The number of nitrogens with zero attached hydrogens (tertiary/aromatic N) is 1. The number of benzene rings is 3. The zero-order chi connectivity index (χ0) is 22.5. The van der Waals surface area contributed by atoms with Crippen LogP contribution in [0.3, 0.4) is 0 Å². The number of anilines is 3. The fourth-order valence-corrected chi connectivity index (χ4v) is 4.71. The largest absolute Gasteiger partial charge is 0.322 e. The van der Waals surface area contributed by atoms with Crippen LogP contribution in [0.5, 0.6) is 0 Å². The van der Waals surface area contributed by atoms with E-state index in [0.717, 1.165) is 23.5 Å². The lowest BCUT2D eigenvalue weighted by Crippen LogP contribution is -2.21. The topological polar surface area (TPSA) is 61.4 Å². The van der Waals surface area contributed by atoms with Gasteiger partial charge in [-0.05, 0) is 86.3 Å². The van der Waals surface area contributed by atoms with Gasteiger partial charge in [0.15, 0.2) is 0 Å². The third-order valence-corrected chi connectivity index (χ3v) is 6.68. The molecule has 1 saturated heterocycles. The molecule has 1 fully saturated rings. The second-order valence-corrected chi connectivity index (χ2v) is 9.18. The molecule has 3 aromatic carbocycles. The van der Waals surface area contributed by atoms with E-state index in [9.17, 15) is 9.59 Å². The van der Waals surface area contributed by atoms with Gasteiger partial charge in [0.1, 0.15) is 0 Å². The minimum absolute atomic E-state index is 0.221. The smallest absolute Gasteiger partial charge is 0.255 e. The Morgan fingerprint density at radius 2 is 1.69 bits per heavy atom. The van der Waals surface area contributed by atoms with Crippen molar-refractivity contribution >= 4 is 52.4 Å². The summed E-state index contributed by atoms with van der Waals surface area (Å²) >= 11 is 8.10. The maximum atomic E-state index is 12.7. The molecule has 0 atom stereocenters. The Morgan fingerprint density at radius 1 is 0.906 bits per heavy atom. The zero-order valence-electron chi connectivity index (χ0n) is 17.7. The number of carbonyl (C=O) groups is 2. The SMILES string of the molecule is Cc1cccc(C(=O)Nc2cc(NC(=O)c3ccc(N4CCCCS4)cc3)ccc2Cl)c1. The Labute approximate surface area is 197 Å². The van der Waals surface area contributed by atoms with E-state index in [1.165, 1.54) is 12.8 Å². The van der Waals surface area contributed by atoms with E-state index in [1.807, 2.05) is 55.3 Å². The third kappa shape index (κ3) is 5.44. The first-order chi connectivity index (χ1) is 15.5. The van der Waals surface area contributed by atoms with Crippen molar-refractivity contribution in [3.8, 4) is 0 Å². The summed E-state index contributed by atoms with van der Waals surface area (Å²) < 4.78 is 2.27. The van der Waals surface area contributed by atoms with Gasteiger partial charge in [0.05, 0.1) is 10.7 Å². The fourth-order valence-electron chi connectivity index (χ4n) is 3.46. The molecule has 1 aliphatic rings. The highest BCUT2D eigenvalue weighted by atomic mass is 35.5. The molecule has 4 rings (SSSR count). The van der Waals surface area contributed by atoms with Crippen LogP contribution < -0.4 is 14.9 Å². The van der Waals surface area contributed by atoms with Gasteiger partial charge in [-0.1, -0.05) is 29.3 Å². The number of aryl methyl sites for hydroxylation is 1. The van der Waals surface area contributed by atoms with E-state index < -0.39 is 0 Å². The first-order valence-electron chi connectivity index (χ1n) is 10.5. The van der Waals surface area contributed by atoms with Gasteiger partial charge < -0.3 is 14.9 Å². The molecule has 0 aliphatic carbocycles. The number of nitrogens with one attached hydrogen (secondary N) is 2. The van der Waals surface area contributed by atoms with Crippen molar-refractivity contribution in [1.29, 1.82) is 0 Å². The van der Waals surface area contributed by atoms with Gasteiger partial charge in [-0.2, -0.15) is 0 Å². The Balaban J connectivity index is 1.44. The van der Waals surface area contributed by atoms with E-state index in [-0.39, 0.29) is 11.8 Å². The molecular weight excluding hydrogens is 442 g/mol. The maximum Gasteiger partial charge on any atom is 0.255 e. The Kier molecular flexibility index (Phi) is 7.02. The number of hydrogen-bond donors (Lipinski definition) is 2. The van der Waals surface area contributed by atoms with Gasteiger partial charge in [-0.3, -0.25) is 9.59 Å². The Bertz CT molecular complexity index is 1130. The molecule has 5 nitrogen and oxygen atoms in total. The summed E-state index contributed by atoms with van der Waals surface area (Å²) in [6, 6.07) is 19.9. The van der Waals surface area contributed by atoms with E-state index in [1.54, 1.807) is 30.3 Å². The molecule has 0 aromatic heterocycles. The summed E-state index contributed by atoms with van der Waals surface area (Å²) in [5, 5.41) is 6.10. The monoisotopic (exact) mass is 465 g/mol. The van der Waals surface area contributed by atoms with Gasteiger partial charge >= 0.3 is 0 Å². The average molecular weight is 466 g/mol. The van der Waals surface area contributed by atoms with Gasteiger partial charge in [-0.25, -0.2) is 0 Å². The van der Waals surface area contributed by atoms with Crippen LogP contribution in [0.25, 0.3) is 0 Å². The molecular formula is C25H24ClN3O2S. The van der Waals surface area contributed by atoms with Crippen molar-refractivity contribution in [3.05, 3.63) is 88.4 Å². The van der Waals surface area contributed by atoms with Crippen molar-refractivity contribution in [3.63, 3.8) is 0 Å². The van der Waals surface area contributed by atoms with Crippen molar-refractivity contribution in [1.82, 2.24) is 0 Å². The Morgan fingerprint density at radius 3 is 2.41 bits per heavy atom. The Hall–Kier alpha value is -2.96. The molecule has 0 unspecified atom stereocenters. The summed E-state index contributed by atoms with van der Waals surface area (Å²) in [5.74, 6) is 0.646. The number of carbonyl (C=O) groups excluding carboxylic acids is 2. The summed E-state index contributed by atoms with van der Waals surface area (Å²) in [6.07, 6.45) is 2.44. The van der Waals surface area contributed by atoms with Crippen LogP contribution in [0.15, 0.2) is 66.7 Å². The minimum Gasteiger partial charge on any atom is -0.322 e. The zero-order valence-corrected chi connectivity index (χ0v) is 19.3. The third-order valence-electron chi connectivity index (χ3n) is 5.17. The second kappa shape index (κ2) is 10.1. The van der Waals surface area contributed by atoms with Gasteiger partial charge in [0, 0.05) is 34.8 Å². The number of rotatable bonds is 5. The molecule has 7 heteroatoms. The lowest BCUT2D eigenvalue weighted by molar-refractivity contribution is 0.101. The van der Waals surface area contributed by atoms with Crippen LogP contribution in [0.2, 0.25) is 5.02 Å². The second-order valence-electron chi connectivity index (χ2n) is 7.66. The number of amides is 2. The van der Waals surface area contributed by atoms with Crippen LogP contribution in [-0.2, 0) is 0 Å². The van der Waals surface area contributed by atoms with Crippen LogP contribution in [0.1, 0.15) is 39.1 Å². The van der Waals surface area contributed by atoms with Crippen LogP contribution >= 0.6 is 23.5 Å². The molecule has 1 aliphatic heterocycles. The van der Waals surface area contributed by atoms with Gasteiger partial charge in [0.25, 0.3) is 11.8 Å². The van der Waals surface area contributed by atoms with Crippen molar-refractivity contribution in [2.45, 2.75) is 19.8 Å². The molecule has 0 radical (unpaired) electrons. The summed E-state index contributed by atoms with van der Waals surface area (Å²) in [5.41, 5.74) is 4.20. The highest BCUT2D eigenvalue weighted by Crippen LogP contribution is 2.29. The maximum absolute atomic E-state index is 12.7.